The first-order valence-electron chi connectivity index (χ1n) is 5.52. The van der Waals surface area contributed by atoms with Gasteiger partial charge in [0.1, 0.15) is 0 Å². The Morgan fingerprint density at radius 2 is 2.00 bits per heavy atom. The second-order valence-electron chi connectivity index (χ2n) is 4.07. The van der Waals surface area contributed by atoms with E-state index in [1.165, 1.54) is 0 Å². The van der Waals surface area contributed by atoms with Crippen LogP contribution in [0.15, 0.2) is 24.3 Å². The lowest BCUT2D eigenvalue weighted by atomic mass is 10.2. The SMILES string of the molecule is Cc1ccc(N[C@@H]2SC(=O)N(CC(=O)[O-])C2=O)cc1. The highest BCUT2D eigenvalue weighted by Crippen LogP contribution is 2.27. The molecule has 0 aromatic heterocycles. The number of rotatable bonds is 4. The number of carbonyl (C=O) groups is 3. The van der Waals surface area contributed by atoms with E-state index in [1.54, 1.807) is 12.1 Å². The van der Waals surface area contributed by atoms with Crippen LogP contribution in [-0.4, -0.2) is 33.9 Å². The molecule has 2 rings (SSSR count). The smallest absolute Gasteiger partial charge is 0.291 e. The number of carboxylic acid groups (broad SMARTS) is 1. The number of imide groups is 1. The summed E-state index contributed by atoms with van der Waals surface area (Å²) < 4.78 is 0. The molecule has 1 aromatic rings. The molecule has 1 aliphatic heterocycles. The lowest BCUT2D eigenvalue weighted by molar-refractivity contribution is -0.305. The Labute approximate surface area is 113 Å². The van der Waals surface area contributed by atoms with E-state index in [1.807, 2.05) is 19.1 Å². The maximum absolute atomic E-state index is 11.9. The molecule has 1 fully saturated rings. The summed E-state index contributed by atoms with van der Waals surface area (Å²) in [6, 6.07) is 7.31. The Bertz CT molecular complexity index is 529. The number of amides is 2. The molecule has 0 unspecified atom stereocenters. The van der Waals surface area contributed by atoms with E-state index in [0.29, 0.717) is 10.6 Å². The van der Waals surface area contributed by atoms with Gasteiger partial charge in [0.2, 0.25) is 0 Å². The van der Waals surface area contributed by atoms with Gasteiger partial charge < -0.3 is 15.2 Å². The minimum absolute atomic E-state index is 0.570. The molecular weight excluding hydrogens is 268 g/mol. The average molecular weight is 279 g/mol. The number of benzene rings is 1. The highest BCUT2D eigenvalue weighted by molar-refractivity contribution is 8.15. The van der Waals surface area contributed by atoms with Gasteiger partial charge in [0.25, 0.3) is 11.1 Å². The molecule has 0 aliphatic carbocycles. The van der Waals surface area contributed by atoms with Crippen molar-refractivity contribution in [1.29, 1.82) is 0 Å². The Balaban J connectivity index is 2.06. The van der Waals surface area contributed by atoms with Crippen LogP contribution in [0, 0.1) is 6.92 Å². The van der Waals surface area contributed by atoms with Crippen molar-refractivity contribution in [3.05, 3.63) is 29.8 Å². The number of aryl methyl sites for hydroxylation is 1. The number of hydrogen-bond acceptors (Lipinski definition) is 6. The molecule has 19 heavy (non-hydrogen) atoms. The first kappa shape index (κ1) is 13.4. The van der Waals surface area contributed by atoms with Gasteiger partial charge in [0, 0.05) is 5.69 Å². The van der Waals surface area contributed by atoms with Crippen LogP contribution in [0.2, 0.25) is 0 Å². The van der Waals surface area contributed by atoms with E-state index in [-0.39, 0.29) is 0 Å². The number of carboxylic acids is 1. The lowest BCUT2D eigenvalue weighted by Crippen LogP contribution is -2.42. The van der Waals surface area contributed by atoms with Crippen molar-refractivity contribution in [2.24, 2.45) is 0 Å². The van der Waals surface area contributed by atoms with E-state index >= 15 is 0 Å². The quantitative estimate of drug-likeness (QED) is 0.845. The Kier molecular flexibility index (Phi) is 3.75. The predicted molar refractivity (Wildman–Crippen MR) is 68.3 cm³/mol. The summed E-state index contributed by atoms with van der Waals surface area (Å²) in [6.07, 6.45) is 0. The molecule has 0 spiro atoms. The standard InChI is InChI=1S/C12H12N2O4S/c1-7-2-4-8(5-3-7)13-10-11(17)14(6-9(15)16)12(18)19-10/h2-5,10,13H,6H2,1H3,(H,15,16)/p-1/t10-/m1/s1. The van der Waals surface area contributed by atoms with E-state index in [4.69, 9.17) is 0 Å². The Hall–Kier alpha value is -2.02. The van der Waals surface area contributed by atoms with Gasteiger partial charge in [-0.3, -0.25) is 14.5 Å². The molecule has 0 radical (unpaired) electrons. The van der Waals surface area contributed by atoms with Crippen molar-refractivity contribution in [1.82, 2.24) is 4.90 Å². The summed E-state index contributed by atoms with van der Waals surface area (Å²) in [5.74, 6) is -2.03. The summed E-state index contributed by atoms with van der Waals surface area (Å²) in [5, 5.41) is 12.0. The Morgan fingerprint density at radius 3 is 2.58 bits per heavy atom. The van der Waals surface area contributed by atoms with E-state index < -0.39 is 29.0 Å². The van der Waals surface area contributed by atoms with E-state index in [0.717, 1.165) is 17.3 Å². The zero-order valence-electron chi connectivity index (χ0n) is 10.1. The minimum Gasteiger partial charge on any atom is -0.548 e. The van der Waals surface area contributed by atoms with Crippen LogP contribution in [0.5, 0.6) is 0 Å². The molecule has 6 nitrogen and oxygen atoms in total. The molecule has 100 valence electrons. The highest BCUT2D eigenvalue weighted by Gasteiger charge is 2.39. The summed E-state index contributed by atoms with van der Waals surface area (Å²) >= 11 is 0.758. The number of thioether (sulfide) groups is 1. The molecule has 7 heteroatoms. The van der Waals surface area contributed by atoms with Gasteiger partial charge in [-0.25, -0.2) is 0 Å². The van der Waals surface area contributed by atoms with E-state index in [9.17, 15) is 19.5 Å². The number of aliphatic carboxylic acids is 1. The second-order valence-corrected chi connectivity index (χ2v) is 5.13. The number of hydrogen-bond donors (Lipinski definition) is 1. The molecular formula is C12H11N2O4S-. The molecule has 1 saturated heterocycles. The molecule has 0 saturated carbocycles. The van der Waals surface area contributed by atoms with E-state index in [2.05, 4.69) is 5.32 Å². The topological polar surface area (TPSA) is 89.5 Å². The third-order valence-corrected chi connectivity index (χ3v) is 3.54. The van der Waals surface area contributed by atoms with Gasteiger partial charge >= 0.3 is 0 Å². The molecule has 1 atom stereocenters. The van der Waals surface area contributed by atoms with Crippen LogP contribution in [0.1, 0.15) is 5.56 Å². The number of nitrogens with one attached hydrogen (secondary N) is 1. The summed E-state index contributed by atoms with van der Waals surface area (Å²) in [4.78, 5) is 34.5. The third-order valence-electron chi connectivity index (χ3n) is 2.57. The zero-order chi connectivity index (χ0) is 14.0. The average Bonchev–Trinajstić information content (AvgIpc) is 2.60. The van der Waals surface area contributed by atoms with Crippen molar-refractivity contribution in [3.63, 3.8) is 0 Å². The maximum Gasteiger partial charge on any atom is 0.291 e. The van der Waals surface area contributed by atoms with Crippen LogP contribution in [0.3, 0.4) is 0 Å². The van der Waals surface area contributed by atoms with Gasteiger partial charge in [0.15, 0.2) is 5.37 Å². The van der Waals surface area contributed by atoms with Crippen LogP contribution in [0.4, 0.5) is 10.5 Å². The van der Waals surface area contributed by atoms with Crippen LogP contribution < -0.4 is 10.4 Å². The minimum atomic E-state index is -1.46. The fourth-order valence-electron chi connectivity index (χ4n) is 1.61. The summed E-state index contributed by atoms with van der Waals surface area (Å²) in [7, 11) is 0. The van der Waals surface area contributed by atoms with Gasteiger partial charge in [-0.1, -0.05) is 17.7 Å². The Morgan fingerprint density at radius 1 is 1.37 bits per heavy atom. The maximum atomic E-state index is 11.9. The fraction of sp³-hybridized carbons (Fsp3) is 0.250. The first-order chi connectivity index (χ1) is 8.97. The van der Waals surface area contributed by atoms with Crippen molar-refractivity contribution in [2.75, 3.05) is 11.9 Å². The van der Waals surface area contributed by atoms with Gasteiger partial charge in [-0.2, -0.15) is 0 Å². The van der Waals surface area contributed by atoms with Crippen molar-refractivity contribution in [2.45, 2.75) is 12.3 Å². The van der Waals surface area contributed by atoms with Gasteiger partial charge in [0.05, 0.1) is 12.5 Å². The summed E-state index contributed by atoms with van der Waals surface area (Å²) in [6.45, 7) is 1.22. The van der Waals surface area contributed by atoms with Gasteiger partial charge in [-0.15, -0.1) is 0 Å². The molecule has 1 aromatic carbocycles. The van der Waals surface area contributed by atoms with Crippen LogP contribution >= 0.6 is 11.8 Å². The third kappa shape index (κ3) is 3.05. The van der Waals surface area contributed by atoms with Crippen LogP contribution in [-0.2, 0) is 9.59 Å². The molecule has 1 aliphatic rings. The molecule has 2 amide bonds. The normalized spacial score (nSPS) is 18.8. The van der Waals surface area contributed by atoms with Crippen molar-refractivity contribution < 1.29 is 19.5 Å². The molecule has 1 heterocycles. The van der Waals surface area contributed by atoms with Gasteiger partial charge in [-0.05, 0) is 30.8 Å². The number of nitrogens with zero attached hydrogens (tertiary/aromatic N) is 1. The monoisotopic (exact) mass is 279 g/mol. The summed E-state index contributed by atoms with van der Waals surface area (Å²) in [5.41, 5.74) is 1.77. The zero-order valence-corrected chi connectivity index (χ0v) is 10.9. The van der Waals surface area contributed by atoms with Crippen molar-refractivity contribution >= 4 is 34.6 Å². The second kappa shape index (κ2) is 5.31. The predicted octanol–water partition coefficient (Wildman–Crippen LogP) is 0.178. The lowest BCUT2D eigenvalue weighted by Gasteiger charge is -2.15. The number of anilines is 1. The molecule has 1 N–H and O–H groups in total. The molecule has 0 bridgehead atoms. The van der Waals surface area contributed by atoms with Crippen LogP contribution in [0.25, 0.3) is 0 Å². The number of carbonyl (C=O) groups excluding carboxylic acids is 3. The highest BCUT2D eigenvalue weighted by atomic mass is 32.2. The first-order valence-corrected chi connectivity index (χ1v) is 6.40. The largest absolute Gasteiger partial charge is 0.548 e. The fourth-order valence-corrected chi connectivity index (χ4v) is 2.52. The van der Waals surface area contributed by atoms with Crippen molar-refractivity contribution in [3.8, 4) is 0 Å².